The summed E-state index contributed by atoms with van der Waals surface area (Å²) in [5.41, 5.74) is 4.56. The summed E-state index contributed by atoms with van der Waals surface area (Å²) >= 11 is 0. The van der Waals surface area contributed by atoms with E-state index in [9.17, 15) is 19.7 Å². The molecule has 4 aromatic carbocycles. The first-order valence-electron chi connectivity index (χ1n) is 18.7. The van der Waals surface area contributed by atoms with Gasteiger partial charge in [-0.15, -0.1) is 0 Å². The van der Waals surface area contributed by atoms with Crippen LogP contribution in [0.3, 0.4) is 0 Å². The molecule has 272 valence electrons. The van der Waals surface area contributed by atoms with Gasteiger partial charge in [0, 0.05) is 0 Å². The molecular formula is C44H48BNO6Si. The molecule has 7 nitrogen and oxygen atoms in total. The van der Waals surface area contributed by atoms with Crippen LogP contribution in [0.1, 0.15) is 52.5 Å². The van der Waals surface area contributed by atoms with Crippen molar-refractivity contribution in [3.8, 4) is 5.75 Å². The predicted molar refractivity (Wildman–Crippen MR) is 213 cm³/mol. The topological polar surface area (TPSA) is 96.3 Å². The van der Waals surface area contributed by atoms with Gasteiger partial charge in [0.25, 0.3) is 8.32 Å². The number of carbonyl (C=O) groups is 2. The minimum absolute atomic E-state index is 0.198. The maximum absolute atomic E-state index is 14.3. The molecule has 2 N–H and O–H groups in total. The number of para-hydroxylation sites is 1. The molecule has 0 unspecified atom stereocenters. The van der Waals surface area contributed by atoms with Crippen LogP contribution >= 0.6 is 0 Å². The van der Waals surface area contributed by atoms with Gasteiger partial charge in [-0.3, -0.25) is 14.5 Å². The number of rotatable bonds is 10. The van der Waals surface area contributed by atoms with Gasteiger partial charge in [-0.1, -0.05) is 123 Å². The molecular weight excluding hydrogens is 677 g/mol. The Morgan fingerprint density at radius 3 is 2.11 bits per heavy atom. The largest absolute Gasteiger partial charge is 0.508 e. The molecule has 4 atom stereocenters. The number of allylic oxidation sites excluding steroid dienone is 1. The van der Waals surface area contributed by atoms with Crippen molar-refractivity contribution in [2.75, 3.05) is 11.5 Å². The van der Waals surface area contributed by atoms with Crippen molar-refractivity contribution in [1.82, 2.24) is 0 Å². The van der Waals surface area contributed by atoms with Crippen LogP contribution in [0.15, 0.2) is 132 Å². The molecule has 4 aromatic rings. The van der Waals surface area contributed by atoms with Crippen LogP contribution in [0.4, 0.5) is 5.69 Å². The number of anilines is 1. The fraction of sp³-hybridized carbons (Fsp3) is 0.318. The summed E-state index contributed by atoms with van der Waals surface area (Å²) in [4.78, 5) is 30.0. The maximum Gasteiger partial charge on any atom is 0.455 e. The van der Waals surface area contributed by atoms with Crippen molar-refractivity contribution in [2.45, 2.75) is 64.4 Å². The Hall–Kier alpha value is -4.54. The van der Waals surface area contributed by atoms with Crippen LogP contribution in [-0.2, 0) is 18.7 Å². The lowest BCUT2D eigenvalue weighted by atomic mass is 9.58. The molecule has 7 rings (SSSR count). The van der Waals surface area contributed by atoms with Gasteiger partial charge >= 0.3 is 7.12 Å². The first kappa shape index (κ1) is 36.8. The van der Waals surface area contributed by atoms with Gasteiger partial charge in [0.15, 0.2) is 0 Å². The van der Waals surface area contributed by atoms with Crippen molar-refractivity contribution in [2.24, 2.45) is 17.8 Å². The normalized spacial score (nSPS) is 22.2. The van der Waals surface area contributed by atoms with Crippen LogP contribution in [0, 0.1) is 17.8 Å². The Bertz CT molecular complexity index is 1970. The van der Waals surface area contributed by atoms with E-state index in [0.717, 1.165) is 32.7 Å². The smallest absolute Gasteiger partial charge is 0.455 e. The van der Waals surface area contributed by atoms with E-state index in [1.54, 1.807) is 24.3 Å². The fourth-order valence-electron chi connectivity index (χ4n) is 9.02. The van der Waals surface area contributed by atoms with E-state index in [4.69, 9.17) is 9.08 Å². The molecule has 2 heterocycles. The second-order valence-corrected chi connectivity index (χ2v) is 20.0. The number of hydrogen-bond donors (Lipinski definition) is 2. The third-order valence-corrected chi connectivity index (χ3v) is 16.3. The Morgan fingerprint density at radius 2 is 1.51 bits per heavy atom. The van der Waals surface area contributed by atoms with E-state index in [0.29, 0.717) is 24.9 Å². The lowest BCUT2D eigenvalue weighted by Gasteiger charge is -2.46. The molecule has 9 heteroatoms. The van der Waals surface area contributed by atoms with Gasteiger partial charge in [-0.2, -0.15) is 0 Å². The minimum atomic E-state index is -2.96. The molecule has 2 fully saturated rings. The molecule has 0 aromatic heterocycles. The van der Waals surface area contributed by atoms with Gasteiger partial charge in [0.05, 0.1) is 30.2 Å². The average Bonchev–Trinajstić information content (AvgIpc) is 3.40. The van der Waals surface area contributed by atoms with Crippen LogP contribution in [0.5, 0.6) is 5.75 Å². The van der Waals surface area contributed by atoms with Gasteiger partial charge < -0.3 is 19.2 Å². The highest BCUT2D eigenvalue weighted by Gasteiger charge is 2.58. The lowest BCUT2D eigenvalue weighted by molar-refractivity contribution is -0.122. The van der Waals surface area contributed by atoms with E-state index in [1.807, 2.05) is 48.5 Å². The van der Waals surface area contributed by atoms with Crippen molar-refractivity contribution in [1.29, 1.82) is 0 Å². The van der Waals surface area contributed by atoms with Crippen molar-refractivity contribution < 1.29 is 28.8 Å². The van der Waals surface area contributed by atoms with Crippen molar-refractivity contribution in [3.63, 3.8) is 0 Å². The van der Waals surface area contributed by atoms with Gasteiger partial charge in [0.1, 0.15) is 5.75 Å². The molecule has 53 heavy (non-hydrogen) atoms. The number of amides is 2. The zero-order valence-corrected chi connectivity index (χ0v) is 31.9. The Morgan fingerprint density at radius 1 is 0.887 bits per heavy atom. The highest BCUT2D eigenvalue weighted by atomic mass is 28.4. The summed E-state index contributed by atoms with van der Waals surface area (Å²) in [5, 5.41) is 23.3. The fourth-order valence-corrected chi connectivity index (χ4v) is 13.6. The van der Waals surface area contributed by atoms with E-state index >= 15 is 0 Å². The van der Waals surface area contributed by atoms with Crippen LogP contribution in [0.2, 0.25) is 11.4 Å². The zero-order chi connectivity index (χ0) is 37.3. The summed E-state index contributed by atoms with van der Waals surface area (Å²) in [7, 11) is -4.03. The SMILES string of the molecule is C/C(=C\c1cccc(O)c1)CC[C@H]1OB(O)C[C@H]2C1=C(CO[Si](c1ccccc1)(c1ccccc1)C(C)(C)C)C[C@H]1C(=O)N(c3ccccc3)C(=O)[C@H]12. The monoisotopic (exact) mass is 725 g/mol. The van der Waals surface area contributed by atoms with Crippen LogP contribution in [0.25, 0.3) is 6.08 Å². The number of imide groups is 1. The lowest BCUT2D eigenvalue weighted by Crippen LogP contribution is -2.66. The Kier molecular flexibility index (Phi) is 10.5. The Labute approximate surface area is 314 Å². The molecule has 0 saturated carbocycles. The van der Waals surface area contributed by atoms with Crippen molar-refractivity contribution in [3.05, 3.63) is 138 Å². The average molecular weight is 726 g/mol. The second-order valence-electron chi connectivity index (χ2n) is 15.7. The highest BCUT2D eigenvalue weighted by Crippen LogP contribution is 2.52. The first-order chi connectivity index (χ1) is 25.5. The molecule has 0 radical (unpaired) electrons. The maximum atomic E-state index is 14.3. The molecule has 2 aliphatic heterocycles. The van der Waals surface area contributed by atoms with E-state index in [1.165, 1.54) is 4.90 Å². The van der Waals surface area contributed by atoms with Crippen LogP contribution < -0.4 is 15.3 Å². The number of benzene rings is 4. The first-order valence-corrected chi connectivity index (χ1v) is 20.6. The summed E-state index contributed by atoms with van der Waals surface area (Å²) in [6, 6.07) is 37.3. The van der Waals surface area contributed by atoms with Gasteiger partial charge in [-0.05, 0) is 94.8 Å². The standard InChI is InChI=1S/C44H48BNO6Si/c1-30(25-31-15-14-18-34(47)26-31)23-24-39-40-32(29-51-53(44(2,3)4,35-19-10-6-11-20-35)36-21-12-7-13-22-36)27-37-41(38(40)28-45(50)52-39)43(49)46(42(37)48)33-16-8-5-9-17-33/h5-22,25-26,37-39,41,47,50H,23-24,27-29H2,1-4H3/b30-25+/t37-,38+,39-,41-/m1/s1. The summed E-state index contributed by atoms with van der Waals surface area (Å²) in [5.74, 6) is -1.74. The zero-order valence-electron chi connectivity index (χ0n) is 30.9. The summed E-state index contributed by atoms with van der Waals surface area (Å²) in [6.45, 7) is 9.08. The van der Waals surface area contributed by atoms with E-state index in [-0.39, 0.29) is 41.4 Å². The Balaban J connectivity index is 1.30. The number of phenols is 1. The second kappa shape index (κ2) is 15.1. The number of aromatic hydroxyl groups is 1. The molecule has 0 bridgehead atoms. The minimum Gasteiger partial charge on any atom is -0.508 e. The van der Waals surface area contributed by atoms with Crippen molar-refractivity contribution >= 4 is 49.4 Å². The molecule has 1 aliphatic carbocycles. The van der Waals surface area contributed by atoms with E-state index < -0.39 is 33.4 Å². The quantitative estimate of drug-likeness (QED) is 0.102. The number of phenolic OH excluding ortho intramolecular Hbond substituents is 1. The molecule has 3 aliphatic rings. The molecule has 0 spiro atoms. The number of nitrogens with zero attached hydrogens (tertiary/aromatic N) is 1. The van der Waals surface area contributed by atoms with E-state index in [2.05, 4.69) is 76.2 Å². The summed E-state index contributed by atoms with van der Waals surface area (Å²) < 4.78 is 13.9. The van der Waals surface area contributed by atoms with Gasteiger partial charge in [-0.25, -0.2) is 0 Å². The van der Waals surface area contributed by atoms with Gasteiger partial charge in [0.2, 0.25) is 11.8 Å². The predicted octanol–water partition coefficient (Wildman–Crippen LogP) is 7.15. The number of carbonyl (C=O) groups excluding carboxylic acids is 2. The third kappa shape index (κ3) is 7.11. The molecule has 2 saturated heterocycles. The number of fused-ring (bicyclic) bond motifs is 3. The van der Waals surface area contributed by atoms with Crippen LogP contribution in [-0.4, -0.2) is 50.1 Å². The highest BCUT2D eigenvalue weighted by molar-refractivity contribution is 6.99. The molecule has 2 amide bonds. The number of hydrogen-bond acceptors (Lipinski definition) is 6. The third-order valence-electron chi connectivity index (χ3n) is 11.3. The summed E-state index contributed by atoms with van der Waals surface area (Å²) in [6.07, 6.45) is 3.44.